The Bertz CT molecular complexity index is 324. The fourth-order valence-electron chi connectivity index (χ4n) is 1.22. The Morgan fingerprint density at radius 3 is 3.00 bits per heavy atom. The molecule has 0 unspecified atom stereocenters. The Balaban J connectivity index is 2.34. The zero-order valence-electron chi connectivity index (χ0n) is 9.12. The summed E-state index contributed by atoms with van der Waals surface area (Å²) in [5.74, 6) is -0.0929. The van der Waals surface area contributed by atoms with Crippen LogP contribution in [0.5, 0.6) is 0 Å². The Labute approximate surface area is 93.9 Å². The van der Waals surface area contributed by atoms with Gasteiger partial charge in [0, 0.05) is 11.1 Å². The van der Waals surface area contributed by atoms with Gasteiger partial charge in [0.05, 0.1) is 12.6 Å². The fraction of sp³-hybridized carbons (Fsp3) is 0.600. The van der Waals surface area contributed by atoms with Gasteiger partial charge in [-0.15, -0.1) is 11.3 Å². The molecule has 0 radical (unpaired) electrons. The van der Waals surface area contributed by atoms with E-state index in [2.05, 4.69) is 10.3 Å². The molecule has 84 valence electrons. The molecule has 5 heteroatoms. The molecule has 15 heavy (non-hydrogen) atoms. The number of aryl methyl sites for hydroxylation is 1. The maximum absolute atomic E-state index is 11.5. The van der Waals surface area contributed by atoms with Gasteiger partial charge in [-0.1, -0.05) is 13.3 Å². The van der Waals surface area contributed by atoms with Crippen LogP contribution in [0.3, 0.4) is 0 Å². The summed E-state index contributed by atoms with van der Waals surface area (Å²) in [6.45, 7) is 4.43. The molecule has 1 aromatic rings. The minimum absolute atomic E-state index is 0.0929. The van der Waals surface area contributed by atoms with E-state index in [1.165, 1.54) is 0 Å². The molecule has 0 aliphatic carbocycles. The Morgan fingerprint density at radius 1 is 1.73 bits per heavy atom. The normalized spacial score (nSPS) is 12.5. The third-order valence-corrected chi connectivity index (χ3v) is 2.98. The summed E-state index contributed by atoms with van der Waals surface area (Å²) < 4.78 is 0. The zero-order chi connectivity index (χ0) is 11.3. The fourth-order valence-corrected chi connectivity index (χ4v) is 1.93. The highest BCUT2D eigenvalue weighted by Crippen LogP contribution is 2.07. The number of nitrogens with two attached hydrogens (primary N) is 1. The number of hydrogen-bond acceptors (Lipinski definition) is 4. The molecule has 4 nitrogen and oxygen atoms in total. The van der Waals surface area contributed by atoms with Crippen molar-refractivity contribution in [2.45, 2.75) is 39.3 Å². The van der Waals surface area contributed by atoms with Gasteiger partial charge in [-0.05, 0) is 13.3 Å². The van der Waals surface area contributed by atoms with Crippen molar-refractivity contribution in [3.8, 4) is 0 Å². The molecule has 3 N–H and O–H groups in total. The van der Waals surface area contributed by atoms with E-state index < -0.39 is 6.04 Å². The van der Waals surface area contributed by atoms with Gasteiger partial charge in [0.1, 0.15) is 5.01 Å². The van der Waals surface area contributed by atoms with E-state index in [1.807, 2.05) is 19.2 Å². The molecule has 0 spiro atoms. The molecule has 0 aliphatic rings. The lowest BCUT2D eigenvalue weighted by molar-refractivity contribution is -0.122. The van der Waals surface area contributed by atoms with Crippen molar-refractivity contribution >= 4 is 17.2 Å². The first kappa shape index (κ1) is 12.1. The molecule has 0 aromatic carbocycles. The van der Waals surface area contributed by atoms with Crippen LogP contribution in [-0.4, -0.2) is 16.9 Å². The number of amides is 1. The second kappa shape index (κ2) is 5.82. The van der Waals surface area contributed by atoms with Crippen molar-refractivity contribution < 1.29 is 4.79 Å². The second-order valence-corrected chi connectivity index (χ2v) is 4.44. The molecule has 1 atom stereocenters. The van der Waals surface area contributed by atoms with Crippen molar-refractivity contribution in [2.24, 2.45) is 5.73 Å². The maximum Gasteiger partial charge on any atom is 0.237 e. The first-order valence-corrected chi connectivity index (χ1v) is 5.95. The van der Waals surface area contributed by atoms with Crippen LogP contribution in [0.2, 0.25) is 0 Å². The van der Waals surface area contributed by atoms with Crippen LogP contribution in [0.1, 0.15) is 30.5 Å². The molecule has 1 heterocycles. The molecule has 1 amide bonds. The summed E-state index contributed by atoms with van der Waals surface area (Å²) >= 11 is 1.55. The molecule has 0 aliphatic heterocycles. The first-order chi connectivity index (χ1) is 7.13. The number of carbonyl (C=O) groups excluding carboxylic acids is 1. The van der Waals surface area contributed by atoms with Crippen LogP contribution >= 0.6 is 11.3 Å². The van der Waals surface area contributed by atoms with Crippen LogP contribution in [0.15, 0.2) is 5.38 Å². The minimum atomic E-state index is -0.393. The number of carbonyl (C=O) groups is 1. The van der Waals surface area contributed by atoms with Gasteiger partial charge in [-0.2, -0.15) is 0 Å². The predicted molar refractivity (Wildman–Crippen MR) is 61.6 cm³/mol. The zero-order valence-corrected chi connectivity index (χ0v) is 9.93. The van der Waals surface area contributed by atoms with Gasteiger partial charge in [0.2, 0.25) is 5.91 Å². The first-order valence-electron chi connectivity index (χ1n) is 5.07. The lowest BCUT2D eigenvalue weighted by atomic mass is 10.2. The number of rotatable bonds is 5. The van der Waals surface area contributed by atoms with E-state index in [-0.39, 0.29) is 5.91 Å². The number of nitrogens with one attached hydrogen (secondary N) is 1. The summed E-state index contributed by atoms with van der Waals surface area (Å²) in [5.41, 5.74) is 6.66. The number of hydrogen-bond donors (Lipinski definition) is 2. The van der Waals surface area contributed by atoms with E-state index in [1.54, 1.807) is 11.3 Å². The molecule has 1 aromatic heterocycles. The van der Waals surface area contributed by atoms with Crippen LogP contribution in [0, 0.1) is 6.92 Å². The summed E-state index contributed by atoms with van der Waals surface area (Å²) in [4.78, 5) is 15.7. The summed E-state index contributed by atoms with van der Waals surface area (Å²) in [7, 11) is 0. The van der Waals surface area contributed by atoms with E-state index in [0.29, 0.717) is 6.54 Å². The second-order valence-electron chi connectivity index (χ2n) is 3.50. The molecule has 0 fully saturated rings. The van der Waals surface area contributed by atoms with Crippen LogP contribution in [0.4, 0.5) is 0 Å². The number of aromatic nitrogens is 1. The standard InChI is InChI=1S/C10H17N3OS/c1-3-4-8(11)10(14)12-5-9-13-7(2)6-15-9/h6,8H,3-5,11H2,1-2H3,(H,12,14)/t8-/m1/s1. The highest BCUT2D eigenvalue weighted by Gasteiger charge is 2.11. The molecule has 0 bridgehead atoms. The topological polar surface area (TPSA) is 68.0 Å². The van der Waals surface area contributed by atoms with Gasteiger partial charge in [-0.25, -0.2) is 4.98 Å². The van der Waals surface area contributed by atoms with E-state index in [9.17, 15) is 4.79 Å². The van der Waals surface area contributed by atoms with E-state index in [4.69, 9.17) is 5.73 Å². The number of thiazole rings is 1. The predicted octanol–water partition coefficient (Wildman–Crippen LogP) is 1.20. The van der Waals surface area contributed by atoms with Gasteiger partial charge in [-0.3, -0.25) is 4.79 Å². The third-order valence-electron chi connectivity index (χ3n) is 2.02. The maximum atomic E-state index is 11.5. The van der Waals surface area contributed by atoms with E-state index >= 15 is 0 Å². The Morgan fingerprint density at radius 2 is 2.47 bits per heavy atom. The smallest absolute Gasteiger partial charge is 0.237 e. The Kier molecular flexibility index (Phi) is 4.71. The summed E-state index contributed by atoms with van der Waals surface area (Å²) in [6, 6.07) is -0.393. The van der Waals surface area contributed by atoms with Crippen molar-refractivity contribution in [3.05, 3.63) is 16.1 Å². The van der Waals surface area contributed by atoms with Gasteiger partial charge >= 0.3 is 0 Å². The number of nitrogens with zero attached hydrogens (tertiary/aromatic N) is 1. The average molecular weight is 227 g/mol. The quantitative estimate of drug-likeness (QED) is 0.794. The largest absolute Gasteiger partial charge is 0.348 e. The van der Waals surface area contributed by atoms with Crippen molar-refractivity contribution in [2.75, 3.05) is 0 Å². The average Bonchev–Trinajstić information content (AvgIpc) is 2.61. The molecular weight excluding hydrogens is 210 g/mol. The van der Waals surface area contributed by atoms with Crippen LogP contribution < -0.4 is 11.1 Å². The summed E-state index contributed by atoms with van der Waals surface area (Å²) in [6.07, 6.45) is 1.65. The molecule has 0 saturated heterocycles. The molecule has 0 saturated carbocycles. The minimum Gasteiger partial charge on any atom is -0.348 e. The molecule has 1 rings (SSSR count). The van der Waals surface area contributed by atoms with Gasteiger partial charge in [0.15, 0.2) is 0 Å². The van der Waals surface area contributed by atoms with Crippen LogP contribution in [-0.2, 0) is 11.3 Å². The SMILES string of the molecule is CCC[C@@H](N)C(=O)NCc1nc(C)cs1. The third kappa shape index (κ3) is 3.97. The van der Waals surface area contributed by atoms with Gasteiger partial charge in [0.25, 0.3) is 0 Å². The van der Waals surface area contributed by atoms with Crippen molar-refractivity contribution in [1.29, 1.82) is 0 Å². The summed E-state index contributed by atoms with van der Waals surface area (Å²) in [5, 5.41) is 5.67. The highest BCUT2D eigenvalue weighted by molar-refractivity contribution is 7.09. The highest BCUT2D eigenvalue weighted by atomic mass is 32.1. The lowest BCUT2D eigenvalue weighted by Crippen LogP contribution is -2.40. The lowest BCUT2D eigenvalue weighted by Gasteiger charge is -2.09. The Hall–Kier alpha value is -0.940. The van der Waals surface area contributed by atoms with Crippen LogP contribution in [0.25, 0.3) is 0 Å². The van der Waals surface area contributed by atoms with Crippen molar-refractivity contribution in [3.63, 3.8) is 0 Å². The monoisotopic (exact) mass is 227 g/mol. The van der Waals surface area contributed by atoms with E-state index in [0.717, 1.165) is 23.5 Å². The van der Waals surface area contributed by atoms with Gasteiger partial charge < -0.3 is 11.1 Å². The molecular formula is C10H17N3OS. The van der Waals surface area contributed by atoms with Crippen molar-refractivity contribution in [1.82, 2.24) is 10.3 Å².